The van der Waals surface area contributed by atoms with Crippen LogP contribution in [0, 0.1) is 5.41 Å². The summed E-state index contributed by atoms with van der Waals surface area (Å²) in [5, 5.41) is 13.1. The molecule has 0 aromatic heterocycles. The van der Waals surface area contributed by atoms with Gasteiger partial charge in [-0.3, -0.25) is 0 Å². The Labute approximate surface area is 131 Å². The summed E-state index contributed by atoms with van der Waals surface area (Å²) in [6.45, 7) is 5.03. The molecule has 0 aliphatic carbocycles. The Morgan fingerprint density at radius 3 is 2.19 bits per heavy atom. The second-order valence-electron chi connectivity index (χ2n) is 6.44. The number of alkyl halides is 3. The average molecular weight is 368 g/mol. The third-order valence-corrected chi connectivity index (χ3v) is 3.73. The molecule has 2 atom stereocenters. The van der Waals surface area contributed by atoms with E-state index in [0.29, 0.717) is 10.0 Å². The van der Waals surface area contributed by atoms with Crippen LogP contribution in [0.2, 0.25) is 0 Å². The maximum Gasteiger partial charge on any atom is 0.419 e. The number of benzene rings is 1. The molecule has 6 heteroatoms. The Balaban J connectivity index is 3.35. The van der Waals surface area contributed by atoms with E-state index in [4.69, 9.17) is 0 Å². The molecule has 0 spiro atoms. The molecule has 0 saturated heterocycles. The first-order valence-corrected chi connectivity index (χ1v) is 7.42. The van der Waals surface area contributed by atoms with Gasteiger partial charge in [0, 0.05) is 4.47 Å². The number of nitrogens with one attached hydrogen (secondary N) is 1. The van der Waals surface area contributed by atoms with E-state index in [1.807, 2.05) is 0 Å². The first kappa shape index (κ1) is 18.5. The fourth-order valence-corrected chi connectivity index (χ4v) is 2.96. The van der Waals surface area contributed by atoms with Crippen molar-refractivity contribution in [1.29, 1.82) is 0 Å². The predicted molar refractivity (Wildman–Crippen MR) is 81.0 cm³/mol. The van der Waals surface area contributed by atoms with Crippen LogP contribution in [-0.2, 0) is 0 Å². The van der Waals surface area contributed by atoms with Crippen molar-refractivity contribution in [1.82, 2.24) is 5.32 Å². The molecule has 0 amide bonds. The highest BCUT2D eigenvalue weighted by Crippen LogP contribution is 2.46. The SMILES string of the molecule is CNC(c1cccc(Br)c1)C(O)(CC(C)(C)C)C(F)(F)F. The number of likely N-dealkylation sites (N-methyl/N-ethyl adjacent to an activating group) is 1. The van der Waals surface area contributed by atoms with Gasteiger partial charge in [-0.1, -0.05) is 48.8 Å². The Morgan fingerprint density at radius 2 is 1.81 bits per heavy atom. The van der Waals surface area contributed by atoms with Crippen LogP contribution < -0.4 is 5.32 Å². The lowest BCUT2D eigenvalue weighted by molar-refractivity contribution is -0.280. The number of aliphatic hydroxyl groups is 1. The molecule has 0 fully saturated rings. The van der Waals surface area contributed by atoms with Crippen LogP contribution in [0.3, 0.4) is 0 Å². The van der Waals surface area contributed by atoms with E-state index in [9.17, 15) is 18.3 Å². The molecule has 2 nitrogen and oxygen atoms in total. The van der Waals surface area contributed by atoms with Crippen molar-refractivity contribution in [2.75, 3.05) is 7.05 Å². The van der Waals surface area contributed by atoms with Gasteiger partial charge in [0.25, 0.3) is 0 Å². The van der Waals surface area contributed by atoms with Crippen molar-refractivity contribution in [2.45, 2.75) is 45.0 Å². The number of rotatable bonds is 4. The Bertz CT molecular complexity index is 485. The molecule has 1 aromatic rings. The summed E-state index contributed by atoms with van der Waals surface area (Å²) >= 11 is 3.25. The molecule has 0 aliphatic rings. The highest BCUT2D eigenvalue weighted by atomic mass is 79.9. The van der Waals surface area contributed by atoms with Crippen LogP contribution in [-0.4, -0.2) is 23.9 Å². The van der Waals surface area contributed by atoms with Crippen molar-refractivity contribution in [2.24, 2.45) is 5.41 Å². The van der Waals surface area contributed by atoms with E-state index in [-0.39, 0.29) is 0 Å². The van der Waals surface area contributed by atoms with Gasteiger partial charge in [-0.15, -0.1) is 0 Å². The zero-order valence-electron chi connectivity index (χ0n) is 12.6. The molecular formula is C15H21BrF3NO. The largest absolute Gasteiger partial charge is 0.419 e. The summed E-state index contributed by atoms with van der Waals surface area (Å²) in [7, 11) is 1.42. The van der Waals surface area contributed by atoms with Crippen molar-refractivity contribution in [3.63, 3.8) is 0 Å². The van der Waals surface area contributed by atoms with E-state index in [1.165, 1.54) is 7.05 Å². The lowest BCUT2D eigenvalue weighted by atomic mass is 9.75. The molecule has 0 radical (unpaired) electrons. The molecule has 2 N–H and O–H groups in total. The maximum absolute atomic E-state index is 13.6. The smallest absolute Gasteiger partial charge is 0.379 e. The standard InChI is InChI=1S/C15H21BrF3NO/c1-13(2,3)9-14(21,15(17,18)19)12(20-4)10-6-5-7-11(16)8-10/h5-8,12,20-21H,9H2,1-4H3. The summed E-state index contributed by atoms with van der Waals surface area (Å²) < 4.78 is 41.3. The van der Waals surface area contributed by atoms with Gasteiger partial charge in [0.05, 0.1) is 6.04 Å². The molecule has 21 heavy (non-hydrogen) atoms. The van der Waals surface area contributed by atoms with Crippen molar-refractivity contribution in [3.05, 3.63) is 34.3 Å². The van der Waals surface area contributed by atoms with Gasteiger partial charge in [-0.05, 0) is 36.6 Å². The predicted octanol–water partition coefficient (Wildman–Crippen LogP) is 4.44. The second-order valence-corrected chi connectivity index (χ2v) is 7.35. The Kier molecular flexibility index (Phi) is 5.51. The summed E-state index contributed by atoms with van der Waals surface area (Å²) in [4.78, 5) is 0. The summed E-state index contributed by atoms with van der Waals surface area (Å²) in [6, 6.07) is 5.30. The van der Waals surface area contributed by atoms with Gasteiger partial charge in [0.15, 0.2) is 5.60 Å². The summed E-state index contributed by atoms with van der Waals surface area (Å²) in [5.41, 5.74) is -3.14. The highest BCUT2D eigenvalue weighted by Gasteiger charge is 2.59. The van der Waals surface area contributed by atoms with E-state index in [1.54, 1.807) is 45.0 Å². The fourth-order valence-electron chi connectivity index (χ4n) is 2.54. The molecular weight excluding hydrogens is 347 g/mol. The zero-order valence-corrected chi connectivity index (χ0v) is 14.1. The van der Waals surface area contributed by atoms with Gasteiger partial charge < -0.3 is 10.4 Å². The van der Waals surface area contributed by atoms with Gasteiger partial charge in [0.2, 0.25) is 0 Å². The Hall–Kier alpha value is -0.590. The normalized spacial score (nSPS) is 17.4. The molecule has 0 bridgehead atoms. The van der Waals surface area contributed by atoms with Crippen molar-refractivity contribution >= 4 is 15.9 Å². The quantitative estimate of drug-likeness (QED) is 0.824. The molecule has 120 valence electrons. The number of halogens is 4. The van der Waals surface area contributed by atoms with Crippen LogP contribution in [0.25, 0.3) is 0 Å². The average Bonchev–Trinajstić information content (AvgIpc) is 2.25. The van der Waals surface area contributed by atoms with E-state index in [0.717, 1.165) is 0 Å². The lowest BCUT2D eigenvalue weighted by Crippen LogP contribution is -2.55. The minimum atomic E-state index is -4.74. The maximum atomic E-state index is 13.6. The Morgan fingerprint density at radius 1 is 1.24 bits per heavy atom. The number of hydrogen-bond donors (Lipinski definition) is 2. The van der Waals surface area contributed by atoms with Crippen LogP contribution in [0.15, 0.2) is 28.7 Å². The highest BCUT2D eigenvalue weighted by molar-refractivity contribution is 9.10. The van der Waals surface area contributed by atoms with Gasteiger partial charge >= 0.3 is 6.18 Å². The minimum absolute atomic E-state index is 0.385. The van der Waals surface area contributed by atoms with Crippen LogP contribution in [0.4, 0.5) is 13.2 Å². The van der Waals surface area contributed by atoms with Crippen molar-refractivity contribution in [3.8, 4) is 0 Å². The van der Waals surface area contributed by atoms with Gasteiger partial charge in [0.1, 0.15) is 0 Å². The van der Waals surface area contributed by atoms with E-state index in [2.05, 4.69) is 21.2 Å². The molecule has 0 aliphatic heterocycles. The first-order chi connectivity index (χ1) is 9.40. The topological polar surface area (TPSA) is 32.3 Å². The lowest BCUT2D eigenvalue weighted by Gasteiger charge is -2.41. The molecule has 1 rings (SSSR count). The minimum Gasteiger partial charge on any atom is -0.379 e. The van der Waals surface area contributed by atoms with Crippen LogP contribution in [0.5, 0.6) is 0 Å². The van der Waals surface area contributed by atoms with Crippen molar-refractivity contribution < 1.29 is 18.3 Å². The first-order valence-electron chi connectivity index (χ1n) is 6.62. The molecule has 0 heterocycles. The van der Waals surface area contributed by atoms with Crippen LogP contribution >= 0.6 is 15.9 Å². The summed E-state index contributed by atoms with van der Waals surface area (Å²) in [5.74, 6) is 0. The molecule has 0 saturated carbocycles. The fraction of sp³-hybridized carbons (Fsp3) is 0.600. The third-order valence-electron chi connectivity index (χ3n) is 3.24. The third kappa shape index (κ3) is 4.44. The monoisotopic (exact) mass is 367 g/mol. The van der Waals surface area contributed by atoms with Gasteiger partial charge in [-0.2, -0.15) is 13.2 Å². The van der Waals surface area contributed by atoms with Crippen LogP contribution in [0.1, 0.15) is 38.8 Å². The summed E-state index contributed by atoms with van der Waals surface area (Å²) in [6.07, 6.45) is -5.14. The van der Waals surface area contributed by atoms with E-state index >= 15 is 0 Å². The number of hydrogen-bond acceptors (Lipinski definition) is 2. The van der Waals surface area contributed by atoms with E-state index < -0.39 is 29.7 Å². The molecule has 1 aromatic carbocycles. The second kappa shape index (κ2) is 6.26. The zero-order chi connectivity index (χ0) is 16.5. The van der Waals surface area contributed by atoms with Gasteiger partial charge in [-0.25, -0.2) is 0 Å². The molecule has 2 unspecified atom stereocenters.